The lowest BCUT2D eigenvalue weighted by molar-refractivity contribution is 0.259. The van der Waals surface area contributed by atoms with Gasteiger partial charge in [-0.3, -0.25) is 0 Å². The summed E-state index contributed by atoms with van der Waals surface area (Å²) in [6.07, 6.45) is 6.93. The van der Waals surface area contributed by atoms with E-state index < -0.39 is 0 Å². The van der Waals surface area contributed by atoms with Gasteiger partial charge in [0.15, 0.2) is 0 Å². The lowest BCUT2D eigenvalue weighted by Gasteiger charge is -2.33. The Morgan fingerprint density at radius 3 is 2.71 bits per heavy atom. The van der Waals surface area contributed by atoms with Gasteiger partial charge in [0, 0.05) is 6.61 Å². The molecule has 0 aromatic heterocycles. The highest BCUT2D eigenvalue weighted by molar-refractivity contribution is 5.37. The van der Waals surface area contributed by atoms with E-state index in [0.29, 0.717) is 0 Å². The lowest BCUT2D eigenvalue weighted by Crippen LogP contribution is -2.20. The molecule has 1 N–H and O–H groups in total. The molecule has 1 atom stereocenters. The van der Waals surface area contributed by atoms with Crippen molar-refractivity contribution in [2.75, 3.05) is 6.61 Å². The third kappa shape index (κ3) is 2.48. The fourth-order valence-electron chi connectivity index (χ4n) is 2.12. The quantitative estimate of drug-likeness (QED) is 0.715. The summed E-state index contributed by atoms with van der Waals surface area (Å²) in [5.74, 6) is 0.269. The number of hydrogen-bond acceptors (Lipinski definition) is 1. The van der Waals surface area contributed by atoms with Crippen molar-refractivity contribution in [3.63, 3.8) is 0 Å². The van der Waals surface area contributed by atoms with E-state index in [4.69, 9.17) is 5.11 Å². The molecule has 1 aliphatic carbocycles. The second kappa shape index (κ2) is 4.31. The average molecular weight is 194 g/mol. The van der Waals surface area contributed by atoms with Gasteiger partial charge in [-0.05, 0) is 36.7 Å². The van der Waals surface area contributed by atoms with Gasteiger partial charge in [0.2, 0.25) is 0 Å². The topological polar surface area (TPSA) is 20.2 Å². The smallest absolute Gasteiger partial charge is 0.0491 e. The van der Waals surface area contributed by atoms with Crippen molar-refractivity contribution in [2.24, 2.45) is 11.3 Å². The van der Waals surface area contributed by atoms with Crippen LogP contribution in [0.3, 0.4) is 0 Å². The third-order valence-electron chi connectivity index (χ3n) is 3.11. The molecule has 0 spiro atoms. The van der Waals surface area contributed by atoms with Crippen LogP contribution in [0, 0.1) is 11.3 Å². The summed E-state index contributed by atoms with van der Waals surface area (Å²) in [6.45, 7) is 9.06. The van der Waals surface area contributed by atoms with Gasteiger partial charge in [0.05, 0.1) is 0 Å². The molecule has 14 heavy (non-hydrogen) atoms. The maximum absolute atomic E-state index is 9.06. The van der Waals surface area contributed by atoms with E-state index in [1.54, 1.807) is 0 Å². The fourth-order valence-corrected chi connectivity index (χ4v) is 2.12. The molecule has 0 fully saturated rings. The van der Waals surface area contributed by atoms with Crippen molar-refractivity contribution in [1.82, 2.24) is 0 Å². The highest BCUT2D eigenvalue weighted by Gasteiger charge is 2.26. The second-order valence-electron chi connectivity index (χ2n) is 5.05. The van der Waals surface area contributed by atoms with Crippen LogP contribution in [0.1, 0.15) is 40.5 Å². The monoisotopic (exact) mass is 194 g/mol. The third-order valence-corrected chi connectivity index (χ3v) is 3.11. The van der Waals surface area contributed by atoms with E-state index in [0.717, 1.165) is 0 Å². The summed E-state index contributed by atoms with van der Waals surface area (Å²) in [6, 6.07) is 0. The van der Waals surface area contributed by atoms with Crippen molar-refractivity contribution in [1.29, 1.82) is 0 Å². The van der Waals surface area contributed by atoms with Gasteiger partial charge in [-0.15, -0.1) is 0 Å². The molecule has 1 nitrogen and oxygen atoms in total. The average Bonchev–Trinajstić information content (AvgIpc) is 2.11. The normalized spacial score (nSPS) is 26.1. The number of allylic oxidation sites excluding steroid dienone is 3. The van der Waals surface area contributed by atoms with Crippen LogP contribution in [-0.4, -0.2) is 11.7 Å². The zero-order chi connectivity index (χ0) is 10.8. The fraction of sp³-hybridized carbons (Fsp3) is 0.692. The van der Waals surface area contributed by atoms with Gasteiger partial charge in [0.1, 0.15) is 0 Å². The number of aliphatic hydroxyl groups is 1. The predicted molar refractivity (Wildman–Crippen MR) is 61.1 cm³/mol. The summed E-state index contributed by atoms with van der Waals surface area (Å²) < 4.78 is 0. The van der Waals surface area contributed by atoms with Gasteiger partial charge in [-0.2, -0.15) is 0 Å². The molecule has 0 radical (unpaired) electrons. The minimum atomic E-state index is 0.243. The molecule has 80 valence electrons. The van der Waals surface area contributed by atoms with Crippen LogP contribution in [0.25, 0.3) is 0 Å². The van der Waals surface area contributed by atoms with E-state index in [2.05, 4.69) is 39.8 Å². The first-order valence-corrected chi connectivity index (χ1v) is 5.47. The minimum absolute atomic E-state index is 0.243. The highest BCUT2D eigenvalue weighted by Crippen LogP contribution is 2.40. The van der Waals surface area contributed by atoms with Crippen LogP contribution < -0.4 is 0 Å². The Morgan fingerprint density at radius 2 is 2.21 bits per heavy atom. The van der Waals surface area contributed by atoms with E-state index in [1.807, 2.05) is 0 Å². The van der Waals surface area contributed by atoms with Crippen LogP contribution in [0.5, 0.6) is 0 Å². The van der Waals surface area contributed by atoms with Gasteiger partial charge >= 0.3 is 0 Å². The minimum Gasteiger partial charge on any atom is -0.396 e. The largest absolute Gasteiger partial charge is 0.396 e. The van der Waals surface area contributed by atoms with Crippen LogP contribution in [0.15, 0.2) is 23.3 Å². The number of rotatable bonds is 2. The van der Waals surface area contributed by atoms with Crippen molar-refractivity contribution in [3.8, 4) is 0 Å². The van der Waals surface area contributed by atoms with E-state index in [-0.39, 0.29) is 17.9 Å². The summed E-state index contributed by atoms with van der Waals surface area (Å²) in [7, 11) is 0. The standard InChI is InChI=1S/C13H22O/c1-10(9-14)8-12-11(2)6-5-7-13(12,3)4/h6,8,10,14H,5,7,9H2,1-4H3. The molecule has 1 aliphatic rings. The maximum atomic E-state index is 9.06. The van der Waals surface area contributed by atoms with Crippen LogP contribution in [0.4, 0.5) is 0 Å². The number of hydrogen-bond donors (Lipinski definition) is 1. The molecule has 0 aliphatic heterocycles. The molecule has 0 aromatic carbocycles. The Hall–Kier alpha value is -0.560. The number of aliphatic hydroxyl groups excluding tert-OH is 1. The van der Waals surface area contributed by atoms with Gasteiger partial charge in [-0.25, -0.2) is 0 Å². The Kier molecular flexibility index (Phi) is 3.54. The molecule has 0 saturated heterocycles. The molecule has 1 rings (SSSR count). The zero-order valence-electron chi connectivity index (χ0n) is 9.80. The predicted octanol–water partition coefficient (Wildman–Crippen LogP) is 3.31. The molecule has 0 saturated carbocycles. The van der Waals surface area contributed by atoms with E-state index in [9.17, 15) is 0 Å². The Balaban J connectivity index is 2.96. The molecule has 1 heteroatoms. The van der Waals surface area contributed by atoms with Crippen molar-refractivity contribution < 1.29 is 5.11 Å². The van der Waals surface area contributed by atoms with Gasteiger partial charge in [0.25, 0.3) is 0 Å². The Labute approximate surface area is 87.5 Å². The van der Waals surface area contributed by atoms with E-state index >= 15 is 0 Å². The lowest BCUT2D eigenvalue weighted by atomic mass is 9.72. The van der Waals surface area contributed by atoms with Gasteiger partial charge < -0.3 is 5.11 Å². The zero-order valence-corrected chi connectivity index (χ0v) is 9.80. The highest BCUT2D eigenvalue weighted by atomic mass is 16.3. The summed E-state index contributed by atoms with van der Waals surface area (Å²) >= 11 is 0. The Morgan fingerprint density at radius 1 is 1.57 bits per heavy atom. The first-order chi connectivity index (χ1) is 6.47. The van der Waals surface area contributed by atoms with Crippen LogP contribution >= 0.6 is 0 Å². The van der Waals surface area contributed by atoms with Crippen LogP contribution in [0.2, 0.25) is 0 Å². The molecule has 0 aromatic rings. The molecule has 0 amide bonds. The molecular formula is C13H22O. The Bertz CT molecular complexity index is 258. The van der Waals surface area contributed by atoms with Crippen LogP contribution in [-0.2, 0) is 0 Å². The van der Waals surface area contributed by atoms with Crippen molar-refractivity contribution in [3.05, 3.63) is 23.3 Å². The first-order valence-electron chi connectivity index (χ1n) is 5.47. The molecule has 1 unspecified atom stereocenters. The summed E-state index contributed by atoms with van der Waals surface area (Å²) in [5, 5.41) is 9.06. The summed E-state index contributed by atoms with van der Waals surface area (Å²) in [5.41, 5.74) is 3.09. The van der Waals surface area contributed by atoms with Crippen molar-refractivity contribution in [2.45, 2.75) is 40.5 Å². The van der Waals surface area contributed by atoms with Crippen molar-refractivity contribution >= 4 is 0 Å². The first kappa shape index (κ1) is 11.5. The molecule has 0 heterocycles. The molecule has 0 bridgehead atoms. The second-order valence-corrected chi connectivity index (χ2v) is 5.05. The molecular weight excluding hydrogens is 172 g/mol. The summed E-state index contributed by atoms with van der Waals surface area (Å²) in [4.78, 5) is 0. The SMILES string of the molecule is CC1=CCCC(C)(C)C1=CC(C)CO. The maximum Gasteiger partial charge on any atom is 0.0491 e. The van der Waals surface area contributed by atoms with E-state index in [1.165, 1.54) is 24.0 Å². The van der Waals surface area contributed by atoms with Gasteiger partial charge in [-0.1, -0.05) is 38.5 Å².